The molecule has 0 bridgehead atoms. The van der Waals surface area contributed by atoms with Crippen molar-refractivity contribution in [2.75, 3.05) is 4.90 Å². The molecule has 0 amide bonds. The average Bonchev–Trinajstić information content (AvgIpc) is 4.01. The summed E-state index contributed by atoms with van der Waals surface area (Å²) in [6.45, 7) is 18.9. The molecule has 10 aromatic rings. The van der Waals surface area contributed by atoms with E-state index in [-0.39, 0.29) is 16.2 Å². The zero-order chi connectivity index (χ0) is 45.1. The number of rotatable bonds is 3. The van der Waals surface area contributed by atoms with Crippen molar-refractivity contribution in [1.29, 1.82) is 0 Å². The fourth-order valence-electron chi connectivity index (χ4n) is 12.2. The van der Waals surface area contributed by atoms with E-state index in [2.05, 4.69) is 236 Å². The minimum Gasteiger partial charge on any atom is -0.309 e. The molecular formula is C64H53NS. The zero-order valence-corrected chi connectivity index (χ0v) is 39.9. The highest BCUT2D eigenvalue weighted by Crippen LogP contribution is 2.64. The van der Waals surface area contributed by atoms with Crippen molar-refractivity contribution in [3.8, 4) is 33.4 Å². The largest absolute Gasteiger partial charge is 0.309 e. The molecule has 66 heavy (non-hydrogen) atoms. The SMILES string of the molecule is CC(C)(C)c1ccc2c(c1)C1(c3ccccc3-c3ccc(N(c4ccc5c(c4)C(C)(C)c4ccccc4-5)c4cc5ccccc5c5c4sc4ccccc45)cc31)c1cc(C(C)(C)C)ccc1-2. The van der Waals surface area contributed by atoms with Gasteiger partial charge in [-0.25, -0.2) is 0 Å². The first-order valence-corrected chi connectivity index (χ1v) is 24.5. The second kappa shape index (κ2) is 13.4. The third-order valence-corrected chi connectivity index (χ3v) is 16.8. The normalized spacial score (nSPS) is 14.9. The van der Waals surface area contributed by atoms with Crippen molar-refractivity contribution < 1.29 is 0 Å². The summed E-state index contributed by atoms with van der Waals surface area (Å²) in [5.74, 6) is 0. The Labute approximate surface area is 393 Å². The molecule has 320 valence electrons. The lowest BCUT2D eigenvalue weighted by Gasteiger charge is -2.34. The van der Waals surface area contributed by atoms with Gasteiger partial charge in [0.1, 0.15) is 0 Å². The second-order valence-corrected chi connectivity index (χ2v) is 22.8. The minimum atomic E-state index is -0.515. The number of anilines is 3. The van der Waals surface area contributed by atoms with Crippen molar-refractivity contribution >= 4 is 59.3 Å². The van der Waals surface area contributed by atoms with Gasteiger partial charge in [-0.2, -0.15) is 0 Å². The first kappa shape index (κ1) is 39.6. The molecule has 1 aromatic heterocycles. The molecule has 1 heterocycles. The number of nitrogens with zero attached hydrogens (tertiary/aromatic N) is 1. The predicted molar refractivity (Wildman–Crippen MR) is 283 cm³/mol. The van der Waals surface area contributed by atoms with Crippen LogP contribution in [0.25, 0.3) is 64.3 Å². The van der Waals surface area contributed by atoms with Crippen LogP contribution < -0.4 is 4.90 Å². The van der Waals surface area contributed by atoms with Gasteiger partial charge in [0.15, 0.2) is 0 Å². The fourth-order valence-corrected chi connectivity index (χ4v) is 13.4. The van der Waals surface area contributed by atoms with Crippen LogP contribution in [0.3, 0.4) is 0 Å². The number of hydrogen-bond donors (Lipinski definition) is 0. The van der Waals surface area contributed by atoms with Crippen LogP contribution in [0.1, 0.15) is 99.9 Å². The molecule has 9 aromatic carbocycles. The van der Waals surface area contributed by atoms with Gasteiger partial charge in [-0.3, -0.25) is 0 Å². The molecule has 0 saturated heterocycles. The van der Waals surface area contributed by atoms with Crippen LogP contribution in [0.15, 0.2) is 176 Å². The maximum Gasteiger partial charge on any atom is 0.0726 e. The highest BCUT2D eigenvalue weighted by Gasteiger charge is 2.52. The molecule has 0 atom stereocenters. The Morgan fingerprint density at radius 2 is 0.879 bits per heavy atom. The van der Waals surface area contributed by atoms with Gasteiger partial charge in [0.05, 0.1) is 15.8 Å². The summed E-state index contributed by atoms with van der Waals surface area (Å²) in [5, 5.41) is 5.19. The van der Waals surface area contributed by atoms with E-state index in [9.17, 15) is 0 Å². The van der Waals surface area contributed by atoms with Gasteiger partial charge in [-0.15, -0.1) is 11.3 Å². The van der Waals surface area contributed by atoms with Gasteiger partial charge in [0.2, 0.25) is 0 Å². The zero-order valence-electron chi connectivity index (χ0n) is 39.1. The van der Waals surface area contributed by atoms with Crippen LogP contribution >= 0.6 is 11.3 Å². The standard InChI is InChI=1S/C64H53NS/c1-61(2,3)39-25-29-47-48-30-26-40(62(4,5)6)35-55(48)64(54(47)34-39)52-23-15-12-20-45(52)49-32-28-42(37-56(49)64)65(41-27-31-46-44-19-11-14-22-51(44)63(7,8)53(46)36-41)57-33-38-17-9-10-18-43(38)59-50-21-13-16-24-58(50)66-60(57)59/h9-37H,1-8H3. The van der Waals surface area contributed by atoms with E-state index in [0.29, 0.717) is 0 Å². The molecule has 2 heteroatoms. The summed E-state index contributed by atoms with van der Waals surface area (Å²) in [4.78, 5) is 2.61. The number of fused-ring (bicyclic) bond motifs is 18. The monoisotopic (exact) mass is 867 g/mol. The summed E-state index contributed by atoms with van der Waals surface area (Å²) in [6, 6.07) is 68.2. The molecule has 0 unspecified atom stereocenters. The van der Waals surface area contributed by atoms with Gasteiger partial charge in [0, 0.05) is 32.3 Å². The molecule has 0 saturated carbocycles. The molecule has 3 aliphatic rings. The maximum absolute atomic E-state index is 2.61. The van der Waals surface area contributed by atoms with E-state index in [0.717, 1.165) is 5.69 Å². The highest BCUT2D eigenvalue weighted by molar-refractivity contribution is 7.26. The van der Waals surface area contributed by atoms with Crippen molar-refractivity contribution in [3.63, 3.8) is 0 Å². The lowest BCUT2D eigenvalue weighted by Crippen LogP contribution is -2.27. The quantitative estimate of drug-likeness (QED) is 0.171. The molecule has 0 aliphatic heterocycles. The number of hydrogen-bond acceptors (Lipinski definition) is 2. The summed E-state index contributed by atoms with van der Waals surface area (Å²) >= 11 is 1.92. The van der Waals surface area contributed by atoms with E-state index >= 15 is 0 Å². The third-order valence-electron chi connectivity index (χ3n) is 15.6. The van der Waals surface area contributed by atoms with Gasteiger partial charge in [-0.05, 0) is 136 Å². The highest BCUT2D eigenvalue weighted by atomic mass is 32.1. The van der Waals surface area contributed by atoms with Crippen molar-refractivity contribution in [2.45, 2.75) is 77.0 Å². The molecule has 1 nitrogen and oxygen atoms in total. The predicted octanol–water partition coefficient (Wildman–Crippen LogP) is 17.9. The van der Waals surface area contributed by atoms with Crippen LogP contribution in [0.2, 0.25) is 0 Å². The summed E-state index contributed by atoms with van der Waals surface area (Å²) in [7, 11) is 0. The lowest BCUT2D eigenvalue weighted by molar-refractivity contribution is 0.586. The van der Waals surface area contributed by atoms with E-state index < -0.39 is 5.41 Å². The van der Waals surface area contributed by atoms with Crippen LogP contribution in [0, 0.1) is 0 Å². The van der Waals surface area contributed by atoms with Gasteiger partial charge in [-0.1, -0.05) is 195 Å². The Morgan fingerprint density at radius 1 is 0.409 bits per heavy atom. The Hall–Kier alpha value is -6.74. The van der Waals surface area contributed by atoms with Gasteiger partial charge in [0.25, 0.3) is 0 Å². The molecular weight excluding hydrogens is 815 g/mol. The topological polar surface area (TPSA) is 3.24 Å². The van der Waals surface area contributed by atoms with E-state index in [1.807, 2.05) is 11.3 Å². The Bertz CT molecular complexity index is 3650. The maximum atomic E-state index is 2.61. The van der Waals surface area contributed by atoms with Crippen LogP contribution in [0.4, 0.5) is 17.1 Å². The Kier molecular flexibility index (Phi) is 8.06. The minimum absolute atomic E-state index is 0.0200. The Morgan fingerprint density at radius 3 is 1.52 bits per heavy atom. The van der Waals surface area contributed by atoms with Crippen LogP contribution in [-0.2, 0) is 21.7 Å². The first-order valence-electron chi connectivity index (χ1n) is 23.7. The molecule has 13 rings (SSSR count). The smallest absolute Gasteiger partial charge is 0.0726 e. The lowest BCUT2D eigenvalue weighted by atomic mass is 9.68. The second-order valence-electron chi connectivity index (χ2n) is 21.7. The van der Waals surface area contributed by atoms with E-state index in [1.165, 1.54) is 120 Å². The van der Waals surface area contributed by atoms with Gasteiger partial charge < -0.3 is 4.90 Å². The number of benzene rings is 9. The summed E-state index contributed by atoms with van der Waals surface area (Å²) in [5.41, 5.74) is 21.8. The molecule has 0 radical (unpaired) electrons. The average molecular weight is 868 g/mol. The van der Waals surface area contributed by atoms with Crippen molar-refractivity contribution in [1.82, 2.24) is 0 Å². The van der Waals surface area contributed by atoms with Crippen molar-refractivity contribution in [3.05, 3.63) is 220 Å². The van der Waals surface area contributed by atoms with Crippen molar-refractivity contribution in [2.24, 2.45) is 0 Å². The molecule has 0 fully saturated rings. The molecule has 1 spiro atoms. The molecule has 0 N–H and O–H groups in total. The number of thiophene rings is 1. The fraction of sp³-hybridized carbons (Fsp3) is 0.188. The van der Waals surface area contributed by atoms with Gasteiger partial charge >= 0.3 is 0 Å². The summed E-state index contributed by atoms with van der Waals surface area (Å²) < 4.78 is 2.61. The van der Waals surface area contributed by atoms with Crippen LogP contribution in [0.5, 0.6) is 0 Å². The van der Waals surface area contributed by atoms with Crippen LogP contribution in [-0.4, -0.2) is 0 Å². The third kappa shape index (κ3) is 5.28. The molecule has 3 aliphatic carbocycles. The summed E-state index contributed by atoms with van der Waals surface area (Å²) in [6.07, 6.45) is 0. The first-order chi connectivity index (χ1) is 31.7. The Balaban J connectivity index is 1.14. The van der Waals surface area contributed by atoms with E-state index in [4.69, 9.17) is 0 Å². The van der Waals surface area contributed by atoms with E-state index in [1.54, 1.807) is 0 Å².